The highest BCUT2D eigenvalue weighted by Crippen LogP contribution is 2.22. The molecule has 0 aliphatic carbocycles. The largest absolute Gasteiger partial charge is 0.193 e. The maximum absolute atomic E-state index is 12.5. The van der Waals surface area contributed by atoms with E-state index < -0.39 is 5.29 Å². The fourth-order valence-corrected chi connectivity index (χ4v) is 1.18. The monoisotopic (exact) mass is 248 g/mol. The topological polar surface area (TPSA) is 0 Å². The number of hydrogen-bond donors (Lipinski definition) is 0. The van der Waals surface area contributed by atoms with Crippen molar-refractivity contribution < 1.29 is 4.39 Å². The summed E-state index contributed by atoms with van der Waals surface area (Å²) >= 11 is 8.49. The first-order chi connectivity index (χ1) is 5.61. The maximum Gasteiger partial charge on any atom is 0.192 e. The minimum Gasteiger partial charge on any atom is -0.193 e. The van der Waals surface area contributed by atoms with Crippen molar-refractivity contribution >= 4 is 33.1 Å². The highest BCUT2D eigenvalue weighted by atomic mass is 79.9. The van der Waals surface area contributed by atoms with Crippen LogP contribution in [0.3, 0.4) is 0 Å². The van der Waals surface area contributed by atoms with Crippen molar-refractivity contribution in [3.8, 4) is 0 Å². The van der Waals surface area contributed by atoms with E-state index in [0.29, 0.717) is 5.57 Å². The van der Waals surface area contributed by atoms with Gasteiger partial charge in [-0.25, -0.2) is 0 Å². The minimum atomic E-state index is -0.655. The molecule has 0 nitrogen and oxygen atoms in total. The first kappa shape index (κ1) is 9.75. The van der Waals surface area contributed by atoms with E-state index in [-0.39, 0.29) is 0 Å². The Hall–Kier alpha value is -0.340. The quantitative estimate of drug-likeness (QED) is 0.694. The van der Waals surface area contributed by atoms with Gasteiger partial charge in [-0.05, 0) is 24.6 Å². The minimum absolute atomic E-state index is 0.462. The summed E-state index contributed by atoms with van der Waals surface area (Å²) in [4.78, 5) is 0. The molecule has 0 radical (unpaired) electrons. The molecule has 0 bridgehead atoms. The van der Waals surface area contributed by atoms with Crippen LogP contribution in [0.5, 0.6) is 0 Å². The van der Waals surface area contributed by atoms with Gasteiger partial charge in [0.1, 0.15) is 0 Å². The van der Waals surface area contributed by atoms with Gasteiger partial charge >= 0.3 is 0 Å². The lowest BCUT2D eigenvalue weighted by Gasteiger charge is -1.99. The van der Waals surface area contributed by atoms with Crippen LogP contribution in [0, 0.1) is 0 Å². The van der Waals surface area contributed by atoms with E-state index in [1.165, 1.54) is 0 Å². The third kappa shape index (κ3) is 2.32. The van der Waals surface area contributed by atoms with Crippen molar-refractivity contribution in [2.75, 3.05) is 0 Å². The van der Waals surface area contributed by atoms with Gasteiger partial charge in [0.05, 0.1) is 0 Å². The zero-order valence-electron chi connectivity index (χ0n) is 6.44. The molecule has 0 saturated carbocycles. The Morgan fingerprint density at radius 3 is 2.25 bits per heavy atom. The Morgan fingerprint density at radius 1 is 1.33 bits per heavy atom. The Labute approximate surface area is 84.2 Å². The summed E-state index contributed by atoms with van der Waals surface area (Å²) in [6.45, 7) is 1.64. The first-order valence-corrected chi connectivity index (χ1v) is 4.56. The van der Waals surface area contributed by atoms with Crippen molar-refractivity contribution in [3.05, 3.63) is 39.6 Å². The number of hydrogen-bond acceptors (Lipinski definition) is 0. The molecule has 0 aliphatic heterocycles. The molecule has 0 atom stereocenters. The highest BCUT2D eigenvalue weighted by molar-refractivity contribution is 9.10. The summed E-state index contributed by atoms with van der Waals surface area (Å²) in [5, 5.41) is -0.655. The van der Waals surface area contributed by atoms with Gasteiger partial charge in [-0.3, -0.25) is 0 Å². The van der Waals surface area contributed by atoms with Crippen molar-refractivity contribution in [2.45, 2.75) is 6.92 Å². The number of benzene rings is 1. The summed E-state index contributed by atoms with van der Waals surface area (Å²) in [7, 11) is 0. The molecule has 12 heavy (non-hydrogen) atoms. The van der Waals surface area contributed by atoms with Crippen LogP contribution in [0.2, 0.25) is 0 Å². The summed E-state index contributed by atoms with van der Waals surface area (Å²) in [6.07, 6.45) is 0. The molecule has 1 aromatic carbocycles. The lowest BCUT2D eigenvalue weighted by Crippen LogP contribution is -1.79. The molecule has 0 amide bonds. The second-order valence-electron chi connectivity index (χ2n) is 2.39. The molecular formula is C9H7BrClF. The SMILES string of the molecule is C/C(=C(/F)Cl)c1ccc(Br)cc1. The molecule has 1 aromatic rings. The molecule has 1 rings (SSSR count). The third-order valence-electron chi connectivity index (χ3n) is 1.56. The molecule has 0 aliphatic rings. The van der Waals surface area contributed by atoms with Gasteiger partial charge in [0.25, 0.3) is 0 Å². The van der Waals surface area contributed by atoms with Gasteiger partial charge in [-0.2, -0.15) is 4.39 Å². The fraction of sp³-hybridized carbons (Fsp3) is 0.111. The number of rotatable bonds is 1. The Balaban J connectivity index is 3.06. The van der Waals surface area contributed by atoms with Crippen LogP contribution in [0.25, 0.3) is 5.57 Å². The van der Waals surface area contributed by atoms with E-state index in [2.05, 4.69) is 15.9 Å². The Bertz CT molecular complexity index is 299. The molecule has 3 heteroatoms. The van der Waals surface area contributed by atoms with E-state index in [0.717, 1.165) is 10.0 Å². The van der Waals surface area contributed by atoms with Gasteiger partial charge < -0.3 is 0 Å². The molecular weight excluding hydrogens is 242 g/mol. The van der Waals surface area contributed by atoms with E-state index in [4.69, 9.17) is 11.6 Å². The lowest BCUT2D eigenvalue weighted by molar-refractivity contribution is 0.697. The highest BCUT2D eigenvalue weighted by Gasteiger charge is 2.00. The van der Waals surface area contributed by atoms with Crippen molar-refractivity contribution in [2.24, 2.45) is 0 Å². The first-order valence-electron chi connectivity index (χ1n) is 3.39. The second kappa shape index (κ2) is 4.06. The number of halogens is 3. The van der Waals surface area contributed by atoms with E-state index in [1.54, 1.807) is 19.1 Å². The predicted octanol–water partition coefficient (Wildman–Crippen LogP) is 4.35. The molecule has 0 heterocycles. The molecule has 0 aromatic heterocycles. The molecule has 0 spiro atoms. The van der Waals surface area contributed by atoms with Gasteiger partial charge in [0.15, 0.2) is 5.29 Å². The maximum atomic E-state index is 12.5. The molecule has 0 N–H and O–H groups in total. The Kier molecular flexibility index (Phi) is 3.29. The zero-order valence-corrected chi connectivity index (χ0v) is 8.79. The van der Waals surface area contributed by atoms with E-state index in [1.807, 2.05) is 12.1 Å². The van der Waals surface area contributed by atoms with Crippen LogP contribution in [0.4, 0.5) is 4.39 Å². The van der Waals surface area contributed by atoms with Gasteiger partial charge in [-0.15, -0.1) is 0 Å². The van der Waals surface area contributed by atoms with Crippen LogP contribution in [-0.4, -0.2) is 0 Å². The predicted molar refractivity (Wildman–Crippen MR) is 53.7 cm³/mol. The molecule has 0 fully saturated rings. The van der Waals surface area contributed by atoms with Crippen LogP contribution < -0.4 is 0 Å². The smallest absolute Gasteiger partial charge is 0.192 e. The van der Waals surface area contributed by atoms with Crippen LogP contribution in [0.15, 0.2) is 34.0 Å². The summed E-state index contributed by atoms with van der Waals surface area (Å²) in [6, 6.07) is 7.31. The third-order valence-corrected chi connectivity index (χ3v) is 2.37. The fourth-order valence-electron chi connectivity index (χ4n) is 0.809. The lowest BCUT2D eigenvalue weighted by atomic mass is 10.1. The van der Waals surface area contributed by atoms with Crippen LogP contribution in [-0.2, 0) is 0 Å². The van der Waals surface area contributed by atoms with Gasteiger partial charge in [0.2, 0.25) is 0 Å². The van der Waals surface area contributed by atoms with Gasteiger partial charge in [-0.1, -0.05) is 39.7 Å². The standard InChI is InChI=1S/C9H7BrClF/c1-6(9(11)12)7-2-4-8(10)5-3-7/h2-5H,1H3/b9-6-. The van der Waals surface area contributed by atoms with Gasteiger partial charge in [0, 0.05) is 10.0 Å². The Morgan fingerprint density at radius 2 is 1.83 bits per heavy atom. The molecule has 64 valence electrons. The average molecular weight is 250 g/mol. The van der Waals surface area contributed by atoms with E-state index in [9.17, 15) is 4.39 Å². The second-order valence-corrected chi connectivity index (χ2v) is 3.64. The van der Waals surface area contributed by atoms with Crippen molar-refractivity contribution in [3.63, 3.8) is 0 Å². The summed E-state index contributed by atoms with van der Waals surface area (Å²) in [5.41, 5.74) is 1.26. The number of allylic oxidation sites excluding steroid dienone is 1. The zero-order chi connectivity index (χ0) is 9.14. The molecule has 0 saturated heterocycles. The van der Waals surface area contributed by atoms with Crippen molar-refractivity contribution in [1.82, 2.24) is 0 Å². The average Bonchev–Trinajstić information content (AvgIpc) is 2.04. The van der Waals surface area contributed by atoms with Crippen LogP contribution >= 0.6 is 27.5 Å². The normalized spacial score (nSPS) is 12.7. The van der Waals surface area contributed by atoms with E-state index >= 15 is 0 Å². The summed E-state index contributed by atoms with van der Waals surface area (Å²) in [5.74, 6) is 0. The summed E-state index contributed by atoms with van der Waals surface area (Å²) < 4.78 is 13.5. The van der Waals surface area contributed by atoms with Crippen LogP contribution in [0.1, 0.15) is 12.5 Å². The van der Waals surface area contributed by atoms with Crippen molar-refractivity contribution in [1.29, 1.82) is 0 Å². The molecule has 0 unspecified atom stereocenters.